The number of halogens is 3. The molecule has 5 heteroatoms. The molecule has 76 valence electrons. The van der Waals surface area contributed by atoms with Crippen molar-refractivity contribution in [1.29, 1.82) is 0 Å². The van der Waals surface area contributed by atoms with Crippen molar-refractivity contribution in [3.8, 4) is 11.5 Å². The third-order valence-corrected chi connectivity index (χ3v) is 2.36. The maximum Gasteiger partial charge on any atom is 0.278 e. The maximum atomic E-state index is 12.3. The van der Waals surface area contributed by atoms with Gasteiger partial charge in [-0.1, -0.05) is 15.9 Å². The molecule has 14 heavy (non-hydrogen) atoms. The van der Waals surface area contributed by atoms with Gasteiger partial charge in [-0.25, -0.2) is 8.78 Å². The largest absolute Gasteiger partial charge is 0.486 e. The van der Waals surface area contributed by atoms with E-state index in [9.17, 15) is 8.78 Å². The van der Waals surface area contributed by atoms with Crippen molar-refractivity contribution < 1.29 is 18.3 Å². The molecule has 0 saturated carbocycles. The maximum absolute atomic E-state index is 12.3. The van der Waals surface area contributed by atoms with E-state index in [1.54, 1.807) is 18.2 Å². The van der Waals surface area contributed by atoms with E-state index in [-0.39, 0.29) is 6.61 Å². The molecule has 0 aromatic heterocycles. The molecule has 1 heterocycles. The van der Waals surface area contributed by atoms with Gasteiger partial charge >= 0.3 is 0 Å². The average molecular weight is 265 g/mol. The van der Waals surface area contributed by atoms with Crippen molar-refractivity contribution in [2.75, 3.05) is 6.61 Å². The summed E-state index contributed by atoms with van der Waals surface area (Å²) in [5, 5.41) is 0. The summed E-state index contributed by atoms with van der Waals surface area (Å²) in [5.74, 6) is 0.862. The quantitative estimate of drug-likeness (QED) is 0.777. The van der Waals surface area contributed by atoms with Crippen LogP contribution >= 0.6 is 15.9 Å². The van der Waals surface area contributed by atoms with Crippen molar-refractivity contribution in [2.45, 2.75) is 12.5 Å². The fraction of sp³-hybridized carbons (Fsp3) is 0.333. The molecule has 2 rings (SSSR count). The summed E-state index contributed by atoms with van der Waals surface area (Å²) in [6, 6.07) is 5.07. The van der Waals surface area contributed by atoms with E-state index in [4.69, 9.17) is 9.47 Å². The molecule has 0 aliphatic carbocycles. The highest BCUT2D eigenvalue weighted by Gasteiger charge is 2.28. The Balaban J connectivity index is 2.24. The first kappa shape index (κ1) is 9.71. The summed E-state index contributed by atoms with van der Waals surface area (Å²) in [5.41, 5.74) is 0. The van der Waals surface area contributed by atoms with Gasteiger partial charge in [0.25, 0.3) is 6.43 Å². The molecule has 0 radical (unpaired) electrons. The molecule has 1 aromatic carbocycles. The van der Waals surface area contributed by atoms with Gasteiger partial charge in [0.15, 0.2) is 17.6 Å². The van der Waals surface area contributed by atoms with Crippen LogP contribution < -0.4 is 9.47 Å². The van der Waals surface area contributed by atoms with Crippen molar-refractivity contribution in [3.63, 3.8) is 0 Å². The van der Waals surface area contributed by atoms with Crippen LogP contribution in [-0.4, -0.2) is 19.1 Å². The van der Waals surface area contributed by atoms with Crippen LogP contribution in [0.3, 0.4) is 0 Å². The van der Waals surface area contributed by atoms with Gasteiger partial charge in [-0.05, 0) is 18.2 Å². The van der Waals surface area contributed by atoms with Crippen LogP contribution in [0.4, 0.5) is 8.78 Å². The van der Waals surface area contributed by atoms with E-state index in [0.717, 1.165) is 4.47 Å². The lowest BCUT2D eigenvalue weighted by molar-refractivity contribution is -0.0294. The fourth-order valence-corrected chi connectivity index (χ4v) is 1.53. The fourth-order valence-electron chi connectivity index (χ4n) is 1.19. The smallest absolute Gasteiger partial charge is 0.278 e. The summed E-state index contributed by atoms with van der Waals surface area (Å²) in [6.45, 7) is -0.105. The highest BCUT2D eigenvalue weighted by atomic mass is 79.9. The van der Waals surface area contributed by atoms with Crippen LogP contribution in [0.5, 0.6) is 11.5 Å². The van der Waals surface area contributed by atoms with Gasteiger partial charge in [0.1, 0.15) is 6.61 Å². The van der Waals surface area contributed by atoms with Crippen LogP contribution in [-0.2, 0) is 0 Å². The van der Waals surface area contributed by atoms with Gasteiger partial charge in [-0.3, -0.25) is 0 Å². The molecule has 0 saturated heterocycles. The molecule has 2 nitrogen and oxygen atoms in total. The highest BCUT2D eigenvalue weighted by Crippen LogP contribution is 2.35. The van der Waals surface area contributed by atoms with E-state index >= 15 is 0 Å². The first-order chi connectivity index (χ1) is 6.66. The molecule has 1 aliphatic rings. The summed E-state index contributed by atoms with van der Waals surface area (Å²) in [4.78, 5) is 0. The van der Waals surface area contributed by atoms with Crippen molar-refractivity contribution in [3.05, 3.63) is 22.7 Å². The topological polar surface area (TPSA) is 18.5 Å². The van der Waals surface area contributed by atoms with Crippen molar-refractivity contribution in [2.24, 2.45) is 0 Å². The number of benzene rings is 1. The van der Waals surface area contributed by atoms with Crippen molar-refractivity contribution >= 4 is 15.9 Å². The van der Waals surface area contributed by atoms with Gasteiger partial charge in [0, 0.05) is 4.47 Å². The van der Waals surface area contributed by atoms with E-state index in [2.05, 4.69) is 15.9 Å². The molecule has 0 fully saturated rings. The van der Waals surface area contributed by atoms with Gasteiger partial charge in [0.2, 0.25) is 0 Å². The van der Waals surface area contributed by atoms with E-state index < -0.39 is 12.5 Å². The van der Waals surface area contributed by atoms with Crippen molar-refractivity contribution in [1.82, 2.24) is 0 Å². The average Bonchev–Trinajstić information content (AvgIpc) is 2.16. The Bertz CT molecular complexity index is 344. The lowest BCUT2D eigenvalue weighted by Gasteiger charge is -2.25. The Morgan fingerprint density at radius 1 is 1.36 bits per heavy atom. The summed E-state index contributed by atoms with van der Waals surface area (Å²) in [7, 11) is 0. The van der Waals surface area contributed by atoms with Crippen LogP contribution in [0.1, 0.15) is 0 Å². The molecule has 1 atom stereocenters. The number of hydrogen-bond acceptors (Lipinski definition) is 2. The standard InChI is InChI=1S/C9H7BrF2O2/c10-5-1-2-6-7(3-5)14-8(4-13-6)9(11)12/h1-3,8-9H,4H2. The van der Waals surface area contributed by atoms with E-state index in [1.807, 2.05) is 0 Å². The lowest BCUT2D eigenvalue weighted by Crippen LogP contribution is -2.35. The molecule has 0 spiro atoms. The second kappa shape index (κ2) is 3.73. The van der Waals surface area contributed by atoms with Crippen LogP contribution in [0.15, 0.2) is 22.7 Å². The predicted octanol–water partition coefficient (Wildman–Crippen LogP) is 2.85. The Kier molecular flexibility index (Phi) is 2.58. The first-order valence-corrected chi connectivity index (χ1v) is 4.83. The van der Waals surface area contributed by atoms with Crippen LogP contribution in [0.2, 0.25) is 0 Å². The SMILES string of the molecule is FC(F)C1COc2ccc(Br)cc2O1. The monoisotopic (exact) mass is 264 g/mol. The van der Waals surface area contributed by atoms with Crippen LogP contribution in [0.25, 0.3) is 0 Å². The molecule has 1 unspecified atom stereocenters. The van der Waals surface area contributed by atoms with Gasteiger partial charge in [-0.15, -0.1) is 0 Å². The molecule has 1 aliphatic heterocycles. The Labute approximate surface area is 87.9 Å². The number of alkyl halides is 2. The summed E-state index contributed by atoms with van der Waals surface area (Å²) in [6.07, 6.45) is -3.70. The minimum atomic E-state index is -2.53. The van der Waals surface area contributed by atoms with Gasteiger partial charge in [0.05, 0.1) is 0 Å². The Morgan fingerprint density at radius 2 is 2.14 bits per heavy atom. The summed E-state index contributed by atoms with van der Waals surface area (Å²) < 4.78 is 35.6. The third-order valence-electron chi connectivity index (χ3n) is 1.87. The molecule has 0 N–H and O–H groups in total. The molecule has 1 aromatic rings. The zero-order chi connectivity index (χ0) is 10.1. The second-order valence-electron chi connectivity index (χ2n) is 2.89. The molecule has 0 amide bonds. The Morgan fingerprint density at radius 3 is 2.86 bits per heavy atom. The number of rotatable bonds is 1. The molecular formula is C9H7BrF2O2. The number of ether oxygens (including phenoxy) is 2. The minimum Gasteiger partial charge on any atom is -0.486 e. The molecular weight excluding hydrogens is 258 g/mol. The third kappa shape index (κ3) is 1.82. The summed E-state index contributed by atoms with van der Waals surface area (Å²) >= 11 is 3.22. The van der Waals surface area contributed by atoms with E-state index in [0.29, 0.717) is 11.5 Å². The van der Waals surface area contributed by atoms with Gasteiger partial charge in [-0.2, -0.15) is 0 Å². The number of fused-ring (bicyclic) bond motifs is 1. The first-order valence-electron chi connectivity index (χ1n) is 4.04. The minimum absolute atomic E-state index is 0.105. The predicted molar refractivity (Wildman–Crippen MR) is 50.1 cm³/mol. The van der Waals surface area contributed by atoms with Crippen LogP contribution in [0, 0.1) is 0 Å². The second-order valence-corrected chi connectivity index (χ2v) is 3.81. The van der Waals surface area contributed by atoms with E-state index in [1.165, 1.54) is 0 Å². The van der Waals surface area contributed by atoms with Gasteiger partial charge < -0.3 is 9.47 Å². The zero-order valence-corrected chi connectivity index (χ0v) is 8.63. The normalized spacial score (nSPS) is 19.9. The Hall–Kier alpha value is -0.840. The molecule has 0 bridgehead atoms. The zero-order valence-electron chi connectivity index (χ0n) is 7.04. The lowest BCUT2D eigenvalue weighted by atomic mass is 10.2. The number of hydrogen-bond donors (Lipinski definition) is 0. The highest BCUT2D eigenvalue weighted by molar-refractivity contribution is 9.10.